The Hall–Kier alpha value is -3.06. The Morgan fingerprint density at radius 3 is 2.73 bits per heavy atom. The number of esters is 1. The molecule has 4 rings (SSSR count). The standard InChI is InChI=1S/C19H16N4O2S/c1-12-3-5-14(6-4-12)18-20-16(11-26-18)10-25-19(24)15-7-8-17-22-21-13(2)23(17)9-15/h3-9,11H,10H2,1-2H3. The van der Waals surface area contributed by atoms with Crippen LogP contribution in [-0.2, 0) is 11.3 Å². The summed E-state index contributed by atoms with van der Waals surface area (Å²) in [5.74, 6) is 0.321. The number of aryl methyl sites for hydroxylation is 2. The highest BCUT2D eigenvalue weighted by Crippen LogP contribution is 2.24. The second kappa shape index (κ2) is 6.68. The Labute approximate surface area is 154 Å². The van der Waals surface area contributed by atoms with Crippen LogP contribution in [-0.4, -0.2) is 25.6 Å². The molecule has 0 aliphatic rings. The molecule has 7 heteroatoms. The lowest BCUT2D eigenvalue weighted by molar-refractivity contribution is 0.0468. The third kappa shape index (κ3) is 3.21. The summed E-state index contributed by atoms with van der Waals surface area (Å²) in [6, 6.07) is 11.6. The molecule has 26 heavy (non-hydrogen) atoms. The number of aromatic nitrogens is 4. The second-order valence-electron chi connectivity index (χ2n) is 5.98. The first-order valence-electron chi connectivity index (χ1n) is 8.10. The van der Waals surface area contributed by atoms with E-state index >= 15 is 0 Å². The lowest BCUT2D eigenvalue weighted by atomic mass is 10.2. The van der Waals surface area contributed by atoms with E-state index in [9.17, 15) is 4.79 Å². The molecule has 0 unspecified atom stereocenters. The maximum absolute atomic E-state index is 12.3. The topological polar surface area (TPSA) is 69.4 Å². The van der Waals surface area contributed by atoms with Gasteiger partial charge in [-0.2, -0.15) is 0 Å². The van der Waals surface area contributed by atoms with E-state index in [1.54, 1.807) is 22.7 Å². The highest BCUT2D eigenvalue weighted by Gasteiger charge is 2.12. The van der Waals surface area contributed by atoms with E-state index in [0.29, 0.717) is 11.2 Å². The number of carbonyl (C=O) groups is 1. The van der Waals surface area contributed by atoms with Gasteiger partial charge in [-0.25, -0.2) is 9.78 Å². The van der Waals surface area contributed by atoms with Gasteiger partial charge in [0, 0.05) is 17.1 Å². The summed E-state index contributed by atoms with van der Waals surface area (Å²) in [6.07, 6.45) is 1.69. The van der Waals surface area contributed by atoms with Crippen LogP contribution >= 0.6 is 11.3 Å². The molecule has 0 spiro atoms. The number of hydrogen-bond acceptors (Lipinski definition) is 6. The van der Waals surface area contributed by atoms with Crippen molar-refractivity contribution in [3.05, 3.63) is 70.6 Å². The van der Waals surface area contributed by atoms with Crippen LogP contribution in [0.1, 0.15) is 27.4 Å². The predicted octanol–water partition coefficient (Wildman–Crippen LogP) is 3.83. The van der Waals surface area contributed by atoms with Crippen LogP contribution < -0.4 is 0 Å². The van der Waals surface area contributed by atoms with Crippen LogP contribution in [0.4, 0.5) is 0 Å². The minimum absolute atomic E-state index is 0.139. The number of nitrogens with zero attached hydrogens (tertiary/aromatic N) is 4. The van der Waals surface area contributed by atoms with Crippen molar-refractivity contribution in [3.63, 3.8) is 0 Å². The largest absolute Gasteiger partial charge is 0.456 e. The highest BCUT2D eigenvalue weighted by molar-refractivity contribution is 7.13. The molecule has 3 aromatic heterocycles. The fraction of sp³-hybridized carbons (Fsp3) is 0.158. The van der Waals surface area contributed by atoms with Crippen LogP contribution in [0.5, 0.6) is 0 Å². The third-order valence-electron chi connectivity index (χ3n) is 4.01. The van der Waals surface area contributed by atoms with Gasteiger partial charge in [0.25, 0.3) is 0 Å². The first-order valence-corrected chi connectivity index (χ1v) is 8.98. The predicted molar refractivity (Wildman–Crippen MR) is 99.1 cm³/mol. The summed E-state index contributed by atoms with van der Waals surface area (Å²) < 4.78 is 7.16. The summed E-state index contributed by atoms with van der Waals surface area (Å²) in [7, 11) is 0. The normalized spacial score (nSPS) is 11.0. The number of pyridine rings is 1. The van der Waals surface area contributed by atoms with E-state index in [1.807, 2.05) is 24.4 Å². The zero-order chi connectivity index (χ0) is 18.1. The van der Waals surface area contributed by atoms with Crippen molar-refractivity contribution in [2.75, 3.05) is 0 Å². The molecule has 130 valence electrons. The molecule has 0 N–H and O–H groups in total. The minimum Gasteiger partial charge on any atom is -0.456 e. The Bertz CT molecular complexity index is 1080. The molecule has 0 aliphatic carbocycles. The van der Waals surface area contributed by atoms with Crippen molar-refractivity contribution >= 4 is 23.0 Å². The van der Waals surface area contributed by atoms with E-state index in [1.165, 1.54) is 16.9 Å². The van der Waals surface area contributed by atoms with Crippen molar-refractivity contribution in [3.8, 4) is 10.6 Å². The number of carbonyl (C=O) groups excluding carboxylic acids is 1. The zero-order valence-electron chi connectivity index (χ0n) is 14.3. The molecule has 0 saturated heterocycles. The maximum atomic E-state index is 12.3. The second-order valence-corrected chi connectivity index (χ2v) is 6.84. The Morgan fingerprint density at radius 1 is 1.12 bits per heavy atom. The van der Waals surface area contributed by atoms with Gasteiger partial charge in [-0.3, -0.25) is 4.40 Å². The van der Waals surface area contributed by atoms with Crippen molar-refractivity contribution in [1.29, 1.82) is 0 Å². The van der Waals surface area contributed by atoms with E-state index in [0.717, 1.165) is 22.1 Å². The van der Waals surface area contributed by atoms with Crippen molar-refractivity contribution in [2.45, 2.75) is 20.5 Å². The average Bonchev–Trinajstić information content (AvgIpc) is 3.27. The number of hydrogen-bond donors (Lipinski definition) is 0. The molecule has 4 aromatic rings. The van der Waals surface area contributed by atoms with E-state index in [4.69, 9.17) is 4.74 Å². The number of fused-ring (bicyclic) bond motifs is 1. The number of benzene rings is 1. The molecule has 0 radical (unpaired) electrons. The smallest absolute Gasteiger partial charge is 0.340 e. The molecule has 3 heterocycles. The van der Waals surface area contributed by atoms with Crippen molar-refractivity contribution in [1.82, 2.24) is 19.6 Å². The number of thiazole rings is 1. The first-order chi connectivity index (χ1) is 12.6. The monoisotopic (exact) mass is 364 g/mol. The van der Waals surface area contributed by atoms with E-state index in [2.05, 4.69) is 34.2 Å². The van der Waals surface area contributed by atoms with Crippen molar-refractivity contribution in [2.24, 2.45) is 0 Å². The quantitative estimate of drug-likeness (QED) is 0.515. The van der Waals surface area contributed by atoms with Gasteiger partial charge in [0.15, 0.2) is 5.65 Å². The van der Waals surface area contributed by atoms with Crippen LogP contribution in [0.15, 0.2) is 48.0 Å². The molecule has 1 aromatic carbocycles. The van der Waals surface area contributed by atoms with Gasteiger partial charge in [-0.15, -0.1) is 21.5 Å². The fourth-order valence-corrected chi connectivity index (χ4v) is 3.36. The Balaban J connectivity index is 1.45. The Morgan fingerprint density at radius 2 is 1.92 bits per heavy atom. The first kappa shape index (κ1) is 16.4. The zero-order valence-corrected chi connectivity index (χ0v) is 15.2. The maximum Gasteiger partial charge on any atom is 0.340 e. The Kier molecular flexibility index (Phi) is 4.22. The highest BCUT2D eigenvalue weighted by atomic mass is 32.1. The van der Waals surface area contributed by atoms with Crippen LogP contribution in [0.3, 0.4) is 0 Å². The summed E-state index contributed by atoms with van der Waals surface area (Å²) in [4.78, 5) is 16.9. The molecule has 0 fully saturated rings. The molecular formula is C19H16N4O2S. The van der Waals surface area contributed by atoms with Gasteiger partial charge in [0.05, 0.1) is 11.3 Å². The van der Waals surface area contributed by atoms with Crippen LogP contribution in [0.2, 0.25) is 0 Å². The fourth-order valence-electron chi connectivity index (χ4n) is 2.55. The summed E-state index contributed by atoms with van der Waals surface area (Å²) in [5.41, 5.74) is 4.16. The third-order valence-corrected chi connectivity index (χ3v) is 4.95. The lowest BCUT2D eigenvalue weighted by Crippen LogP contribution is -2.07. The minimum atomic E-state index is -0.398. The van der Waals surface area contributed by atoms with Gasteiger partial charge in [0.2, 0.25) is 0 Å². The van der Waals surface area contributed by atoms with Gasteiger partial charge in [-0.05, 0) is 26.0 Å². The molecule has 0 amide bonds. The summed E-state index contributed by atoms with van der Waals surface area (Å²) in [5, 5.41) is 10.8. The van der Waals surface area contributed by atoms with Gasteiger partial charge >= 0.3 is 5.97 Å². The average molecular weight is 364 g/mol. The summed E-state index contributed by atoms with van der Waals surface area (Å²) >= 11 is 1.54. The molecule has 0 bridgehead atoms. The molecule has 6 nitrogen and oxygen atoms in total. The molecule has 0 atom stereocenters. The van der Waals surface area contributed by atoms with Crippen LogP contribution in [0.25, 0.3) is 16.2 Å². The lowest BCUT2D eigenvalue weighted by Gasteiger charge is -2.04. The SMILES string of the molecule is Cc1ccc(-c2nc(COC(=O)c3ccc4nnc(C)n4c3)cs2)cc1. The van der Waals surface area contributed by atoms with Gasteiger partial charge in [0.1, 0.15) is 17.4 Å². The summed E-state index contributed by atoms with van der Waals surface area (Å²) in [6.45, 7) is 4.02. The van der Waals surface area contributed by atoms with E-state index < -0.39 is 5.97 Å². The molecular weight excluding hydrogens is 348 g/mol. The molecule has 0 aliphatic heterocycles. The van der Waals surface area contributed by atoms with Crippen molar-refractivity contribution < 1.29 is 9.53 Å². The van der Waals surface area contributed by atoms with Gasteiger partial charge in [-0.1, -0.05) is 29.8 Å². The van der Waals surface area contributed by atoms with E-state index in [-0.39, 0.29) is 6.61 Å². The van der Waals surface area contributed by atoms with Crippen LogP contribution in [0, 0.1) is 13.8 Å². The number of rotatable bonds is 4. The molecule has 0 saturated carbocycles. The van der Waals surface area contributed by atoms with Gasteiger partial charge < -0.3 is 4.74 Å². The number of ether oxygens (including phenoxy) is 1.